The minimum atomic E-state index is -4.45. The fourth-order valence-electron chi connectivity index (χ4n) is 1.44. The second-order valence-corrected chi connectivity index (χ2v) is 4.69. The van der Waals surface area contributed by atoms with Gasteiger partial charge in [-0.3, -0.25) is 0 Å². The van der Waals surface area contributed by atoms with Gasteiger partial charge in [-0.15, -0.1) is 0 Å². The molecule has 102 valence electrons. The van der Waals surface area contributed by atoms with E-state index in [0.717, 1.165) is 6.07 Å². The van der Waals surface area contributed by atoms with E-state index in [1.165, 1.54) is 24.1 Å². The summed E-state index contributed by atoms with van der Waals surface area (Å²) in [6.07, 6.45) is -2.94. The predicted octanol–water partition coefficient (Wildman–Crippen LogP) is 3.44. The monoisotopic (exact) mass is 288 g/mol. The summed E-state index contributed by atoms with van der Waals surface area (Å²) in [6.45, 7) is 0.144. The van der Waals surface area contributed by atoms with Crippen LogP contribution in [-0.2, 0) is 18.5 Å². The molecule has 0 aliphatic carbocycles. The zero-order valence-electron chi connectivity index (χ0n) is 9.78. The smallest absolute Gasteiger partial charge is 0.433 e. The van der Waals surface area contributed by atoms with Gasteiger partial charge in [-0.1, -0.05) is 17.8 Å². The normalized spacial score (nSPS) is 11.8. The van der Waals surface area contributed by atoms with E-state index in [1.807, 2.05) is 0 Å². The molecule has 19 heavy (non-hydrogen) atoms. The maximum Gasteiger partial charge on any atom is 0.433 e. The zero-order valence-corrected chi connectivity index (χ0v) is 10.6. The van der Waals surface area contributed by atoms with Crippen LogP contribution in [-0.4, -0.2) is 4.98 Å². The molecule has 3 nitrogen and oxygen atoms in total. The number of rotatable bonds is 4. The van der Waals surface area contributed by atoms with Gasteiger partial charge in [-0.2, -0.15) is 13.2 Å². The third-order valence-corrected chi connectivity index (χ3v) is 3.44. The molecule has 0 aromatic carbocycles. The summed E-state index contributed by atoms with van der Waals surface area (Å²) in [5, 5.41) is 0.286. The van der Waals surface area contributed by atoms with E-state index < -0.39 is 11.9 Å². The maximum atomic E-state index is 12.6. The summed E-state index contributed by atoms with van der Waals surface area (Å²) in [6, 6.07) is 5.78. The largest absolute Gasteiger partial charge is 0.468 e. The number of aromatic nitrogens is 1. The Morgan fingerprint density at radius 3 is 2.63 bits per heavy atom. The van der Waals surface area contributed by atoms with Gasteiger partial charge in [-0.25, -0.2) is 4.98 Å². The van der Waals surface area contributed by atoms with Crippen molar-refractivity contribution in [3.8, 4) is 0 Å². The van der Waals surface area contributed by atoms with Crippen LogP contribution in [0, 0.1) is 0 Å². The first kappa shape index (κ1) is 14.0. The summed E-state index contributed by atoms with van der Waals surface area (Å²) in [5.41, 5.74) is 5.18. The Kier molecular flexibility index (Phi) is 4.16. The molecular weight excluding hydrogens is 277 g/mol. The fraction of sp³-hybridized carbons (Fsp3) is 0.250. The number of thioether (sulfide) groups is 1. The molecule has 0 bridgehead atoms. The van der Waals surface area contributed by atoms with Gasteiger partial charge >= 0.3 is 6.18 Å². The summed E-state index contributed by atoms with van der Waals surface area (Å²) in [7, 11) is 0. The van der Waals surface area contributed by atoms with Gasteiger partial charge in [0.25, 0.3) is 0 Å². The summed E-state index contributed by atoms with van der Waals surface area (Å²) >= 11 is 1.17. The standard InChI is InChI=1S/C12H11F3N2OS/c13-12(14,15)10-4-3-8(6-16)11(17-10)19-7-9-2-1-5-18-9/h1-5H,6-7,16H2. The van der Waals surface area contributed by atoms with Crippen LogP contribution in [0.3, 0.4) is 0 Å². The highest BCUT2D eigenvalue weighted by Crippen LogP contribution is 2.31. The van der Waals surface area contributed by atoms with E-state index >= 15 is 0 Å². The minimum absolute atomic E-state index is 0.144. The summed E-state index contributed by atoms with van der Waals surface area (Å²) < 4.78 is 42.9. The van der Waals surface area contributed by atoms with Gasteiger partial charge in [0.2, 0.25) is 0 Å². The molecule has 2 heterocycles. The van der Waals surface area contributed by atoms with Gasteiger partial charge < -0.3 is 10.2 Å². The van der Waals surface area contributed by atoms with E-state index in [2.05, 4.69) is 4.98 Å². The maximum absolute atomic E-state index is 12.6. The van der Waals surface area contributed by atoms with E-state index in [9.17, 15) is 13.2 Å². The van der Waals surface area contributed by atoms with E-state index in [-0.39, 0.29) is 11.6 Å². The molecule has 2 N–H and O–H groups in total. The Bertz CT molecular complexity index is 540. The highest BCUT2D eigenvalue weighted by molar-refractivity contribution is 7.98. The first-order chi connectivity index (χ1) is 9.00. The number of furan rings is 1. The van der Waals surface area contributed by atoms with Crippen LogP contribution < -0.4 is 5.73 Å². The Hall–Kier alpha value is -1.47. The molecule has 0 atom stereocenters. The highest BCUT2D eigenvalue weighted by atomic mass is 32.2. The van der Waals surface area contributed by atoms with Crippen LogP contribution in [0.25, 0.3) is 0 Å². The van der Waals surface area contributed by atoms with Gasteiger partial charge in [0.05, 0.1) is 12.0 Å². The fourth-order valence-corrected chi connectivity index (χ4v) is 2.38. The Balaban J connectivity index is 2.21. The average molecular weight is 288 g/mol. The number of nitrogens with two attached hydrogens (primary N) is 1. The Labute approximate surface area is 112 Å². The predicted molar refractivity (Wildman–Crippen MR) is 65.4 cm³/mol. The Morgan fingerprint density at radius 2 is 2.05 bits per heavy atom. The third-order valence-electron chi connectivity index (χ3n) is 2.38. The molecule has 2 rings (SSSR count). The molecule has 0 aliphatic heterocycles. The number of nitrogens with zero attached hydrogens (tertiary/aromatic N) is 1. The van der Waals surface area contributed by atoms with Gasteiger partial charge in [0.15, 0.2) is 0 Å². The number of halogens is 3. The van der Waals surface area contributed by atoms with Crippen LogP contribution in [0.4, 0.5) is 13.2 Å². The van der Waals surface area contributed by atoms with Crippen LogP contribution in [0.1, 0.15) is 17.0 Å². The number of alkyl halides is 3. The van der Waals surface area contributed by atoms with E-state index in [0.29, 0.717) is 17.1 Å². The summed E-state index contributed by atoms with van der Waals surface area (Å²) in [5.74, 6) is 1.08. The van der Waals surface area contributed by atoms with E-state index in [4.69, 9.17) is 10.2 Å². The summed E-state index contributed by atoms with van der Waals surface area (Å²) in [4.78, 5) is 3.63. The van der Waals surface area contributed by atoms with Crippen molar-refractivity contribution in [3.63, 3.8) is 0 Å². The zero-order chi connectivity index (χ0) is 13.9. The van der Waals surface area contributed by atoms with Crippen molar-refractivity contribution in [2.45, 2.75) is 23.5 Å². The van der Waals surface area contributed by atoms with Crippen molar-refractivity contribution in [1.82, 2.24) is 4.98 Å². The van der Waals surface area contributed by atoms with Crippen molar-refractivity contribution in [3.05, 3.63) is 47.5 Å². The highest BCUT2D eigenvalue weighted by Gasteiger charge is 2.33. The lowest BCUT2D eigenvalue weighted by atomic mass is 10.2. The van der Waals surface area contributed by atoms with Crippen LogP contribution in [0.5, 0.6) is 0 Å². The second kappa shape index (κ2) is 5.66. The van der Waals surface area contributed by atoms with Crippen molar-refractivity contribution in [2.24, 2.45) is 5.73 Å². The van der Waals surface area contributed by atoms with Gasteiger partial charge in [-0.05, 0) is 23.8 Å². The van der Waals surface area contributed by atoms with Crippen molar-refractivity contribution in [1.29, 1.82) is 0 Å². The topological polar surface area (TPSA) is 52.0 Å². The number of pyridine rings is 1. The molecule has 0 aliphatic rings. The SMILES string of the molecule is NCc1ccc(C(F)(F)F)nc1SCc1ccco1. The van der Waals surface area contributed by atoms with Crippen molar-refractivity contribution >= 4 is 11.8 Å². The van der Waals surface area contributed by atoms with Crippen LogP contribution in [0.15, 0.2) is 40.0 Å². The molecule has 2 aromatic heterocycles. The molecule has 0 spiro atoms. The molecule has 0 fully saturated rings. The minimum Gasteiger partial charge on any atom is -0.468 e. The Morgan fingerprint density at radius 1 is 1.26 bits per heavy atom. The average Bonchev–Trinajstić information content (AvgIpc) is 2.88. The molecule has 0 radical (unpaired) electrons. The van der Waals surface area contributed by atoms with Crippen molar-refractivity contribution in [2.75, 3.05) is 0 Å². The number of hydrogen-bond donors (Lipinski definition) is 1. The lowest BCUT2D eigenvalue weighted by Gasteiger charge is -2.10. The first-order valence-electron chi connectivity index (χ1n) is 5.43. The molecule has 0 unspecified atom stereocenters. The third kappa shape index (κ3) is 3.51. The van der Waals surface area contributed by atoms with Crippen LogP contribution in [0.2, 0.25) is 0 Å². The lowest BCUT2D eigenvalue weighted by Crippen LogP contribution is -2.10. The van der Waals surface area contributed by atoms with E-state index in [1.54, 1.807) is 12.1 Å². The lowest BCUT2D eigenvalue weighted by molar-refractivity contribution is -0.141. The second-order valence-electron chi connectivity index (χ2n) is 3.73. The quantitative estimate of drug-likeness (QED) is 0.876. The molecule has 7 heteroatoms. The number of hydrogen-bond acceptors (Lipinski definition) is 4. The van der Waals surface area contributed by atoms with Crippen molar-refractivity contribution < 1.29 is 17.6 Å². The van der Waals surface area contributed by atoms with Crippen LogP contribution >= 0.6 is 11.8 Å². The van der Waals surface area contributed by atoms with Gasteiger partial charge in [0.1, 0.15) is 16.5 Å². The molecule has 0 saturated heterocycles. The molecule has 0 saturated carbocycles. The molecule has 2 aromatic rings. The molecular formula is C12H11F3N2OS. The first-order valence-corrected chi connectivity index (χ1v) is 6.41. The van der Waals surface area contributed by atoms with Gasteiger partial charge in [0, 0.05) is 6.54 Å². The molecule has 0 amide bonds.